The zero-order chi connectivity index (χ0) is 14.0. The van der Waals surface area contributed by atoms with Gasteiger partial charge in [0, 0.05) is 24.3 Å². The highest BCUT2D eigenvalue weighted by atomic mass is 32.2. The molecule has 0 saturated carbocycles. The topological polar surface area (TPSA) is 67.3 Å². The molecule has 0 spiro atoms. The van der Waals surface area contributed by atoms with Gasteiger partial charge >= 0.3 is 0 Å². The van der Waals surface area contributed by atoms with E-state index in [2.05, 4.69) is 4.98 Å². The average molecular weight is 304 g/mol. The molecule has 104 valence electrons. The maximum absolute atomic E-state index is 13.0. The molecule has 1 saturated heterocycles. The minimum atomic E-state index is -3.38. The molecule has 0 bridgehead atoms. The maximum Gasteiger partial charge on any atom is 0.273 e. The van der Waals surface area contributed by atoms with Gasteiger partial charge in [-0.1, -0.05) is 6.07 Å². The summed E-state index contributed by atoms with van der Waals surface area (Å²) in [4.78, 5) is 17.0. The van der Waals surface area contributed by atoms with Gasteiger partial charge in [-0.2, -0.15) is 16.2 Å². The summed E-state index contributed by atoms with van der Waals surface area (Å²) in [6.07, 6.45) is 1.10. The van der Waals surface area contributed by atoms with E-state index in [0.717, 1.165) is 12.3 Å². The second-order valence-electron chi connectivity index (χ2n) is 4.20. The van der Waals surface area contributed by atoms with Crippen LogP contribution < -0.4 is 0 Å². The lowest BCUT2D eigenvalue weighted by Gasteiger charge is -2.33. The molecule has 0 aromatic carbocycles. The molecule has 2 rings (SSSR count). The second kappa shape index (κ2) is 5.46. The minimum Gasteiger partial charge on any atom is -0.319 e. The van der Waals surface area contributed by atoms with Crippen LogP contribution in [0, 0.1) is 5.95 Å². The first kappa shape index (κ1) is 14.3. The number of carbonyl (C=O) groups is 1. The fourth-order valence-electron chi connectivity index (χ4n) is 1.84. The first-order valence-corrected chi connectivity index (χ1v) is 8.70. The highest BCUT2D eigenvalue weighted by Gasteiger charge is 2.35. The van der Waals surface area contributed by atoms with Gasteiger partial charge in [-0.3, -0.25) is 4.79 Å². The van der Waals surface area contributed by atoms with E-state index in [-0.39, 0.29) is 5.69 Å². The third kappa shape index (κ3) is 3.24. The molecule has 5 nitrogen and oxygen atoms in total. The molecule has 1 aromatic heterocycles. The van der Waals surface area contributed by atoms with Gasteiger partial charge in [0.2, 0.25) is 5.95 Å². The molecule has 1 aromatic rings. The molecule has 1 fully saturated rings. The van der Waals surface area contributed by atoms with E-state index in [1.165, 1.54) is 28.8 Å². The molecular weight excluding hydrogens is 291 g/mol. The Morgan fingerprint density at radius 1 is 1.53 bits per heavy atom. The number of nitrogens with zero attached hydrogens (tertiary/aromatic N) is 2. The summed E-state index contributed by atoms with van der Waals surface area (Å²) in [5, 5.41) is -0.871. The fourth-order valence-corrected chi connectivity index (χ4v) is 4.66. The Labute approximate surface area is 115 Å². The van der Waals surface area contributed by atoms with Crippen molar-refractivity contribution in [1.29, 1.82) is 0 Å². The summed E-state index contributed by atoms with van der Waals surface area (Å²) in [7, 11) is -3.38. The molecule has 1 aliphatic rings. The standard InChI is InChI=1S/C11H13FN2O3S2/c1-19(16,17)10-7-18-6-5-14(10)11(15)8-3-2-4-9(12)13-8/h2-4,10H,5-7H2,1H3. The molecule has 0 radical (unpaired) electrons. The van der Waals surface area contributed by atoms with Crippen molar-refractivity contribution in [3.63, 3.8) is 0 Å². The smallest absolute Gasteiger partial charge is 0.273 e. The highest BCUT2D eigenvalue weighted by Crippen LogP contribution is 2.22. The first-order chi connectivity index (χ1) is 8.89. The number of halogens is 1. The van der Waals surface area contributed by atoms with E-state index in [0.29, 0.717) is 18.1 Å². The number of thioether (sulfide) groups is 1. The Morgan fingerprint density at radius 2 is 2.26 bits per heavy atom. The third-order valence-corrected chi connectivity index (χ3v) is 5.42. The summed E-state index contributed by atoms with van der Waals surface area (Å²) in [5.41, 5.74) is -0.0689. The van der Waals surface area contributed by atoms with Crippen LogP contribution in [0.1, 0.15) is 10.5 Å². The van der Waals surface area contributed by atoms with E-state index in [1.54, 1.807) is 0 Å². The number of amides is 1. The van der Waals surface area contributed by atoms with Gasteiger partial charge in [0.05, 0.1) is 0 Å². The lowest BCUT2D eigenvalue weighted by molar-refractivity contribution is 0.0742. The van der Waals surface area contributed by atoms with Crippen LogP contribution in [0.15, 0.2) is 18.2 Å². The number of hydrogen-bond donors (Lipinski definition) is 0. The Kier molecular flexibility index (Phi) is 4.10. The molecule has 1 atom stereocenters. The predicted octanol–water partition coefficient (Wildman–Crippen LogP) is 0.780. The van der Waals surface area contributed by atoms with Crippen molar-refractivity contribution in [1.82, 2.24) is 9.88 Å². The van der Waals surface area contributed by atoms with Gasteiger partial charge in [-0.05, 0) is 12.1 Å². The SMILES string of the molecule is CS(=O)(=O)C1CSCCN1C(=O)c1cccc(F)n1. The van der Waals surface area contributed by atoms with Crippen LogP contribution in [0.25, 0.3) is 0 Å². The Morgan fingerprint density at radius 3 is 2.89 bits per heavy atom. The van der Waals surface area contributed by atoms with Gasteiger partial charge < -0.3 is 4.90 Å². The van der Waals surface area contributed by atoms with E-state index >= 15 is 0 Å². The van der Waals surface area contributed by atoms with Crippen LogP contribution in [-0.2, 0) is 9.84 Å². The summed E-state index contributed by atoms with van der Waals surface area (Å²) >= 11 is 1.48. The molecule has 1 aliphatic heterocycles. The quantitative estimate of drug-likeness (QED) is 0.755. The lowest BCUT2D eigenvalue weighted by atomic mass is 10.3. The predicted molar refractivity (Wildman–Crippen MR) is 71.2 cm³/mol. The van der Waals surface area contributed by atoms with Crippen LogP contribution in [0.2, 0.25) is 0 Å². The fraction of sp³-hybridized carbons (Fsp3) is 0.455. The minimum absolute atomic E-state index is 0.0689. The molecule has 0 N–H and O–H groups in total. The summed E-state index contributed by atoms with van der Waals surface area (Å²) in [5.74, 6) is -0.309. The summed E-state index contributed by atoms with van der Waals surface area (Å²) in [6.45, 7) is 0.319. The molecular formula is C11H13FN2O3S2. The van der Waals surface area contributed by atoms with Crippen molar-refractivity contribution in [2.24, 2.45) is 0 Å². The molecule has 2 heterocycles. The van der Waals surface area contributed by atoms with Crippen LogP contribution >= 0.6 is 11.8 Å². The van der Waals surface area contributed by atoms with Gasteiger partial charge in [0.1, 0.15) is 11.1 Å². The maximum atomic E-state index is 13.0. The van der Waals surface area contributed by atoms with Crippen LogP contribution in [0.5, 0.6) is 0 Å². The van der Waals surface area contributed by atoms with E-state index in [1.807, 2.05) is 0 Å². The number of carbonyl (C=O) groups excluding carboxylic acids is 1. The largest absolute Gasteiger partial charge is 0.319 e. The zero-order valence-corrected chi connectivity index (χ0v) is 11.9. The van der Waals surface area contributed by atoms with Crippen molar-refractivity contribution >= 4 is 27.5 Å². The van der Waals surface area contributed by atoms with Crippen LogP contribution in [0.3, 0.4) is 0 Å². The third-order valence-electron chi connectivity index (χ3n) is 2.77. The van der Waals surface area contributed by atoms with Crippen LogP contribution in [-0.4, -0.2) is 53.9 Å². The number of hydrogen-bond acceptors (Lipinski definition) is 5. The summed E-state index contributed by atoms with van der Waals surface area (Å²) in [6, 6.07) is 3.90. The molecule has 1 amide bonds. The van der Waals surface area contributed by atoms with Gasteiger partial charge in [0.25, 0.3) is 5.91 Å². The van der Waals surface area contributed by atoms with Gasteiger partial charge in [0.15, 0.2) is 9.84 Å². The van der Waals surface area contributed by atoms with Crippen molar-refractivity contribution in [3.05, 3.63) is 29.8 Å². The molecule has 0 aliphatic carbocycles. The normalized spacial score (nSPS) is 20.3. The van der Waals surface area contributed by atoms with Crippen molar-refractivity contribution < 1.29 is 17.6 Å². The zero-order valence-electron chi connectivity index (χ0n) is 10.2. The number of pyridine rings is 1. The van der Waals surface area contributed by atoms with E-state index in [9.17, 15) is 17.6 Å². The van der Waals surface area contributed by atoms with E-state index in [4.69, 9.17) is 0 Å². The highest BCUT2D eigenvalue weighted by molar-refractivity contribution is 8.00. The van der Waals surface area contributed by atoms with Gasteiger partial charge in [-0.15, -0.1) is 0 Å². The van der Waals surface area contributed by atoms with Crippen LogP contribution in [0.4, 0.5) is 4.39 Å². The lowest BCUT2D eigenvalue weighted by Crippen LogP contribution is -2.50. The Balaban J connectivity index is 2.30. The van der Waals surface area contributed by atoms with Gasteiger partial charge in [-0.25, -0.2) is 13.4 Å². The second-order valence-corrected chi connectivity index (χ2v) is 7.56. The monoisotopic (exact) mass is 304 g/mol. The number of aromatic nitrogens is 1. The summed E-state index contributed by atoms with van der Waals surface area (Å²) < 4.78 is 36.4. The van der Waals surface area contributed by atoms with E-state index < -0.39 is 27.1 Å². The molecule has 8 heteroatoms. The first-order valence-electron chi connectivity index (χ1n) is 5.60. The number of sulfone groups is 1. The molecule has 1 unspecified atom stereocenters. The number of rotatable bonds is 2. The van der Waals surface area contributed by atoms with Crippen molar-refractivity contribution in [2.75, 3.05) is 24.3 Å². The van der Waals surface area contributed by atoms with Crippen molar-refractivity contribution in [2.45, 2.75) is 5.37 Å². The Hall–Kier alpha value is -1.15. The Bertz CT molecular complexity index is 591. The average Bonchev–Trinajstić information content (AvgIpc) is 2.37. The molecule has 19 heavy (non-hydrogen) atoms. The van der Waals surface area contributed by atoms with Crippen molar-refractivity contribution in [3.8, 4) is 0 Å².